The molecule has 1 aromatic rings. The second kappa shape index (κ2) is 7.23. The maximum atomic E-state index is 11.8. The first-order chi connectivity index (χ1) is 9.99. The molecule has 0 heterocycles. The minimum absolute atomic E-state index is 0.238. The fraction of sp³-hybridized carbons (Fsp3) is 0.533. The van der Waals surface area contributed by atoms with Crippen LogP contribution >= 0.6 is 35.0 Å². The number of hydrogen-bond acceptors (Lipinski definition) is 3. The molecule has 1 saturated carbocycles. The first-order valence-corrected chi connectivity index (χ1v) is 8.80. The van der Waals surface area contributed by atoms with Gasteiger partial charge in [0.05, 0.1) is 5.02 Å². The molecular weight excluding hydrogens is 327 g/mol. The van der Waals surface area contributed by atoms with Crippen LogP contribution in [0.3, 0.4) is 0 Å². The molecule has 1 amide bonds. The van der Waals surface area contributed by atoms with Gasteiger partial charge in [0, 0.05) is 9.92 Å². The number of nitrogens with one attached hydrogen (secondary N) is 1. The minimum atomic E-state index is -0.543. The monoisotopic (exact) mass is 346 g/mol. The lowest BCUT2D eigenvalue weighted by atomic mass is 9.84. The summed E-state index contributed by atoms with van der Waals surface area (Å²) in [5.41, 5.74) is 5.07. The van der Waals surface area contributed by atoms with Gasteiger partial charge in [-0.15, -0.1) is 11.8 Å². The number of likely N-dealkylation sites (N-methyl/N-ethyl adjacent to an activating group) is 1. The van der Waals surface area contributed by atoms with Crippen LogP contribution in [0.25, 0.3) is 0 Å². The third-order valence-corrected chi connectivity index (χ3v) is 6.09. The lowest BCUT2D eigenvalue weighted by Gasteiger charge is -2.32. The molecule has 1 fully saturated rings. The highest BCUT2D eigenvalue weighted by Crippen LogP contribution is 2.39. The summed E-state index contributed by atoms with van der Waals surface area (Å²) in [6, 6.07) is 5.47. The molecule has 0 spiro atoms. The van der Waals surface area contributed by atoms with E-state index in [0.717, 1.165) is 36.3 Å². The van der Waals surface area contributed by atoms with Gasteiger partial charge in [0.25, 0.3) is 0 Å². The van der Waals surface area contributed by atoms with Crippen molar-refractivity contribution in [1.82, 2.24) is 5.32 Å². The summed E-state index contributed by atoms with van der Waals surface area (Å²) < 4.78 is 0. The van der Waals surface area contributed by atoms with Crippen molar-refractivity contribution < 1.29 is 4.79 Å². The predicted octanol–water partition coefficient (Wildman–Crippen LogP) is 3.72. The lowest BCUT2D eigenvalue weighted by molar-refractivity contribution is -0.125. The van der Waals surface area contributed by atoms with Crippen LogP contribution in [-0.2, 0) is 4.79 Å². The Labute approximate surface area is 139 Å². The Morgan fingerprint density at radius 3 is 2.95 bits per heavy atom. The van der Waals surface area contributed by atoms with Crippen molar-refractivity contribution in [3.8, 4) is 0 Å². The van der Waals surface area contributed by atoms with E-state index in [1.165, 1.54) is 0 Å². The molecule has 1 aliphatic carbocycles. The van der Waals surface area contributed by atoms with Gasteiger partial charge in [-0.2, -0.15) is 0 Å². The molecule has 2 unspecified atom stereocenters. The fourth-order valence-electron chi connectivity index (χ4n) is 3.14. The van der Waals surface area contributed by atoms with Crippen molar-refractivity contribution >= 4 is 40.9 Å². The molecule has 0 radical (unpaired) electrons. The number of hydrogen-bond donors (Lipinski definition) is 2. The van der Waals surface area contributed by atoms with E-state index >= 15 is 0 Å². The van der Waals surface area contributed by atoms with E-state index in [4.69, 9.17) is 28.9 Å². The molecule has 0 aromatic heterocycles. The Morgan fingerprint density at radius 2 is 2.29 bits per heavy atom. The molecule has 2 rings (SSSR count). The maximum absolute atomic E-state index is 11.8. The van der Waals surface area contributed by atoms with Crippen molar-refractivity contribution in [1.29, 1.82) is 0 Å². The van der Waals surface area contributed by atoms with Crippen LogP contribution in [0.2, 0.25) is 10.0 Å². The predicted molar refractivity (Wildman–Crippen MR) is 90.1 cm³/mol. The zero-order valence-electron chi connectivity index (χ0n) is 12.0. The SMILES string of the molecule is CNC1(C(N)=O)CCCC1CCSc1cc(Cl)ccc1Cl. The summed E-state index contributed by atoms with van der Waals surface area (Å²) in [4.78, 5) is 12.8. The first kappa shape index (κ1) is 16.9. The van der Waals surface area contributed by atoms with Gasteiger partial charge in [-0.1, -0.05) is 29.6 Å². The number of primary amides is 1. The van der Waals surface area contributed by atoms with Gasteiger partial charge >= 0.3 is 0 Å². The summed E-state index contributed by atoms with van der Waals surface area (Å²) >= 11 is 13.8. The third kappa shape index (κ3) is 3.67. The second-order valence-corrected chi connectivity index (χ2v) is 7.37. The Balaban J connectivity index is 1.96. The number of thioether (sulfide) groups is 1. The van der Waals surface area contributed by atoms with Gasteiger partial charge in [0.2, 0.25) is 5.91 Å². The van der Waals surface area contributed by atoms with Crippen LogP contribution in [0, 0.1) is 5.92 Å². The van der Waals surface area contributed by atoms with Crippen molar-refractivity contribution in [2.24, 2.45) is 11.7 Å². The molecule has 116 valence electrons. The number of carbonyl (C=O) groups is 1. The molecule has 3 nitrogen and oxygen atoms in total. The lowest BCUT2D eigenvalue weighted by Crippen LogP contribution is -2.56. The molecule has 1 aromatic carbocycles. The topological polar surface area (TPSA) is 55.1 Å². The van der Waals surface area contributed by atoms with Gasteiger partial charge in [-0.25, -0.2) is 0 Å². The second-order valence-electron chi connectivity index (χ2n) is 5.39. The van der Waals surface area contributed by atoms with Gasteiger partial charge in [-0.05, 0) is 56.2 Å². The van der Waals surface area contributed by atoms with Crippen molar-refractivity contribution in [3.63, 3.8) is 0 Å². The van der Waals surface area contributed by atoms with Crippen LogP contribution in [0.4, 0.5) is 0 Å². The molecular formula is C15H20Cl2N2OS. The standard InChI is InChI=1S/C15H20Cl2N2OS/c1-19-15(14(18)20)7-2-3-10(15)6-8-21-13-9-11(16)4-5-12(13)17/h4-5,9-10,19H,2-3,6-8H2,1H3,(H2,18,20). The summed E-state index contributed by atoms with van der Waals surface area (Å²) in [6.45, 7) is 0. The molecule has 0 saturated heterocycles. The molecule has 21 heavy (non-hydrogen) atoms. The van der Waals surface area contributed by atoms with E-state index in [-0.39, 0.29) is 11.8 Å². The third-order valence-electron chi connectivity index (χ3n) is 4.32. The fourth-order valence-corrected chi connectivity index (χ4v) is 4.70. The summed E-state index contributed by atoms with van der Waals surface area (Å²) in [7, 11) is 1.82. The van der Waals surface area contributed by atoms with E-state index in [0.29, 0.717) is 10.0 Å². The smallest absolute Gasteiger partial charge is 0.238 e. The van der Waals surface area contributed by atoms with Crippen LogP contribution in [0.5, 0.6) is 0 Å². The van der Waals surface area contributed by atoms with Crippen molar-refractivity contribution in [2.45, 2.75) is 36.1 Å². The Kier molecular flexibility index (Phi) is 5.83. The van der Waals surface area contributed by atoms with E-state index < -0.39 is 5.54 Å². The Morgan fingerprint density at radius 1 is 1.52 bits per heavy atom. The van der Waals surface area contributed by atoms with Gasteiger partial charge in [0.1, 0.15) is 5.54 Å². The van der Waals surface area contributed by atoms with Crippen LogP contribution in [0.15, 0.2) is 23.1 Å². The normalized spacial score (nSPS) is 25.2. The average molecular weight is 347 g/mol. The number of amides is 1. The molecule has 1 aliphatic rings. The molecule has 0 aliphatic heterocycles. The molecule has 6 heteroatoms. The van der Waals surface area contributed by atoms with E-state index in [9.17, 15) is 4.79 Å². The van der Waals surface area contributed by atoms with Gasteiger partial charge in [0.15, 0.2) is 0 Å². The summed E-state index contributed by atoms with van der Waals surface area (Å²) in [6.07, 6.45) is 3.83. The van der Waals surface area contributed by atoms with E-state index in [1.807, 2.05) is 19.2 Å². The average Bonchev–Trinajstić information content (AvgIpc) is 2.87. The highest BCUT2D eigenvalue weighted by atomic mass is 35.5. The van der Waals surface area contributed by atoms with Gasteiger partial charge < -0.3 is 11.1 Å². The minimum Gasteiger partial charge on any atom is -0.368 e. The van der Waals surface area contributed by atoms with E-state index in [2.05, 4.69) is 5.32 Å². The van der Waals surface area contributed by atoms with Crippen LogP contribution in [-0.4, -0.2) is 24.2 Å². The Bertz CT molecular complexity index is 526. The largest absolute Gasteiger partial charge is 0.368 e. The summed E-state index contributed by atoms with van der Waals surface area (Å²) in [5.74, 6) is 0.935. The zero-order chi connectivity index (χ0) is 15.5. The van der Waals surface area contributed by atoms with Crippen molar-refractivity contribution in [3.05, 3.63) is 28.2 Å². The summed E-state index contributed by atoms with van der Waals surface area (Å²) in [5, 5.41) is 4.56. The zero-order valence-corrected chi connectivity index (χ0v) is 14.3. The maximum Gasteiger partial charge on any atom is 0.238 e. The molecule has 0 bridgehead atoms. The molecule has 3 N–H and O–H groups in total. The number of carbonyl (C=O) groups excluding carboxylic acids is 1. The highest BCUT2D eigenvalue weighted by molar-refractivity contribution is 7.99. The number of benzene rings is 1. The van der Waals surface area contributed by atoms with Crippen molar-refractivity contribution in [2.75, 3.05) is 12.8 Å². The van der Waals surface area contributed by atoms with Crippen LogP contribution < -0.4 is 11.1 Å². The molecule has 2 atom stereocenters. The quantitative estimate of drug-likeness (QED) is 0.771. The number of rotatable bonds is 6. The first-order valence-electron chi connectivity index (χ1n) is 7.06. The van der Waals surface area contributed by atoms with Crippen LogP contribution in [0.1, 0.15) is 25.7 Å². The van der Waals surface area contributed by atoms with Gasteiger partial charge in [-0.3, -0.25) is 4.79 Å². The number of halogens is 2. The highest BCUT2D eigenvalue weighted by Gasteiger charge is 2.45. The van der Waals surface area contributed by atoms with E-state index in [1.54, 1.807) is 17.8 Å². The number of nitrogens with two attached hydrogens (primary N) is 1. The Hall–Kier alpha value is -0.420.